The molecule has 4 aromatic rings. The minimum Gasteiger partial charge on any atom is -0.377 e. The van der Waals surface area contributed by atoms with Gasteiger partial charge in [-0.25, -0.2) is 9.97 Å². The molecule has 148 valence electrons. The standard InChI is InChI=1S/C19H18N6O3S/c1-10-8-28-5-4-25(10)18(26)14-7-12-16(20-9-21-17(12)23-14)22-11-2-3-13-15(6-11)29-19(27)24-13/h2-3,6-7,9-10H,4-5,8H2,1H3,(H,24,27)(H2,20,21,22,23). The molecular formula is C19H18N6O3S. The van der Waals surface area contributed by atoms with Crippen LogP contribution < -0.4 is 10.2 Å². The van der Waals surface area contributed by atoms with Crippen LogP contribution in [0.2, 0.25) is 0 Å². The maximum absolute atomic E-state index is 12.9. The molecule has 1 aromatic carbocycles. The van der Waals surface area contributed by atoms with Crippen LogP contribution in [0, 0.1) is 0 Å². The predicted molar refractivity (Wildman–Crippen MR) is 111 cm³/mol. The fraction of sp³-hybridized carbons (Fsp3) is 0.263. The third-order valence-electron chi connectivity index (χ3n) is 4.97. The van der Waals surface area contributed by atoms with Crippen LogP contribution in [-0.4, -0.2) is 56.5 Å². The first kappa shape index (κ1) is 17.8. The summed E-state index contributed by atoms with van der Waals surface area (Å²) in [7, 11) is 0. The van der Waals surface area contributed by atoms with Crippen LogP contribution >= 0.6 is 11.3 Å². The number of nitrogens with one attached hydrogen (secondary N) is 3. The molecule has 3 aromatic heterocycles. The summed E-state index contributed by atoms with van der Waals surface area (Å²) in [5.74, 6) is 0.505. The van der Waals surface area contributed by atoms with Crippen molar-refractivity contribution in [2.45, 2.75) is 13.0 Å². The first-order valence-corrected chi connectivity index (χ1v) is 10.0. The van der Waals surface area contributed by atoms with E-state index in [1.165, 1.54) is 6.33 Å². The molecule has 0 spiro atoms. The lowest BCUT2D eigenvalue weighted by Crippen LogP contribution is -2.47. The molecule has 10 heteroatoms. The Morgan fingerprint density at radius 2 is 2.21 bits per heavy atom. The van der Waals surface area contributed by atoms with E-state index < -0.39 is 0 Å². The number of amides is 1. The zero-order chi connectivity index (χ0) is 20.0. The van der Waals surface area contributed by atoms with Crippen molar-refractivity contribution < 1.29 is 9.53 Å². The first-order chi connectivity index (χ1) is 14.1. The lowest BCUT2D eigenvalue weighted by Gasteiger charge is -2.32. The summed E-state index contributed by atoms with van der Waals surface area (Å²) >= 11 is 1.15. The van der Waals surface area contributed by atoms with E-state index >= 15 is 0 Å². The lowest BCUT2D eigenvalue weighted by molar-refractivity contribution is 0.00332. The van der Waals surface area contributed by atoms with Crippen molar-refractivity contribution in [3.05, 3.63) is 46.0 Å². The van der Waals surface area contributed by atoms with Gasteiger partial charge in [-0.2, -0.15) is 0 Å². The zero-order valence-electron chi connectivity index (χ0n) is 15.6. The normalized spacial score (nSPS) is 17.1. The second-order valence-corrected chi connectivity index (χ2v) is 7.96. The maximum Gasteiger partial charge on any atom is 0.305 e. The Bertz CT molecular complexity index is 1280. The molecule has 1 atom stereocenters. The summed E-state index contributed by atoms with van der Waals surface area (Å²) in [6.45, 7) is 3.60. The molecule has 1 saturated heterocycles. The number of nitrogens with zero attached hydrogens (tertiary/aromatic N) is 3. The molecule has 1 amide bonds. The van der Waals surface area contributed by atoms with Gasteiger partial charge < -0.3 is 24.9 Å². The van der Waals surface area contributed by atoms with Crippen LogP contribution in [0.25, 0.3) is 21.3 Å². The van der Waals surface area contributed by atoms with Gasteiger partial charge >= 0.3 is 4.87 Å². The van der Waals surface area contributed by atoms with E-state index in [1.54, 1.807) is 11.0 Å². The predicted octanol–water partition coefficient (Wildman–Crippen LogP) is 2.47. The van der Waals surface area contributed by atoms with Gasteiger partial charge in [0.25, 0.3) is 5.91 Å². The average molecular weight is 410 g/mol. The number of morpholine rings is 1. The van der Waals surface area contributed by atoms with Crippen molar-refractivity contribution in [2.24, 2.45) is 0 Å². The molecule has 0 saturated carbocycles. The maximum atomic E-state index is 12.9. The number of hydrogen-bond acceptors (Lipinski definition) is 7. The van der Waals surface area contributed by atoms with Gasteiger partial charge in [-0.15, -0.1) is 0 Å². The monoisotopic (exact) mass is 410 g/mol. The Balaban J connectivity index is 1.48. The quantitative estimate of drug-likeness (QED) is 0.478. The van der Waals surface area contributed by atoms with Gasteiger partial charge in [0.2, 0.25) is 0 Å². The summed E-state index contributed by atoms with van der Waals surface area (Å²) in [6.07, 6.45) is 1.44. The highest BCUT2D eigenvalue weighted by Crippen LogP contribution is 2.27. The van der Waals surface area contributed by atoms with Crippen LogP contribution in [-0.2, 0) is 4.74 Å². The third-order valence-corrected chi connectivity index (χ3v) is 5.81. The molecule has 0 bridgehead atoms. The fourth-order valence-electron chi connectivity index (χ4n) is 3.50. The molecule has 1 aliphatic heterocycles. The minimum atomic E-state index is -0.0901. The second-order valence-electron chi connectivity index (χ2n) is 6.94. The Labute approximate surface area is 168 Å². The van der Waals surface area contributed by atoms with E-state index in [4.69, 9.17) is 4.74 Å². The van der Waals surface area contributed by atoms with E-state index in [2.05, 4.69) is 25.3 Å². The zero-order valence-corrected chi connectivity index (χ0v) is 16.4. The first-order valence-electron chi connectivity index (χ1n) is 9.21. The summed E-state index contributed by atoms with van der Waals surface area (Å²) < 4.78 is 6.28. The van der Waals surface area contributed by atoms with Gasteiger partial charge in [-0.3, -0.25) is 9.59 Å². The number of ether oxygens (including phenoxy) is 1. The number of carbonyl (C=O) groups excluding carboxylic acids is 1. The second kappa shape index (κ2) is 6.98. The molecule has 1 fully saturated rings. The summed E-state index contributed by atoms with van der Waals surface area (Å²) in [5, 5.41) is 3.99. The molecule has 29 heavy (non-hydrogen) atoms. The summed E-state index contributed by atoms with van der Waals surface area (Å²) in [5.41, 5.74) is 2.65. The van der Waals surface area contributed by atoms with Crippen LogP contribution in [0.4, 0.5) is 11.5 Å². The van der Waals surface area contributed by atoms with Crippen molar-refractivity contribution in [1.29, 1.82) is 0 Å². The Hall–Kier alpha value is -3.24. The highest BCUT2D eigenvalue weighted by molar-refractivity contribution is 7.16. The largest absolute Gasteiger partial charge is 0.377 e. The van der Waals surface area contributed by atoms with Crippen molar-refractivity contribution in [1.82, 2.24) is 24.8 Å². The van der Waals surface area contributed by atoms with Gasteiger partial charge in [0.05, 0.1) is 34.9 Å². The number of benzene rings is 1. The molecule has 0 aliphatic carbocycles. The van der Waals surface area contributed by atoms with Crippen LogP contribution in [0.5, 0.6) is 0 Å². The van der Waals surface area contributed by atoms with Crippen LogP contribution in [0.3, 0.4) is 0 Å². The van der Waals surface area contributed by atoms with Crippen molar-refractivity contribution in [3.63, 3.8) is 0 Å². The number of thiazole rings is 1. The van der Waals surface area contributed by atoms with Crippen molar-refractivity contribution in [2.75, 3.05) is 25.1 Å². The highest BCUT2D eigenvalue weighted by atomic mass is 32.1. The van der Waals surface area contributed by atoms with Gasteiger partial charge in [0.1, 0.15) is 23.5 Å². The van der Waals surface area contributed by atoms with Gasteiger partial charge in [-0.05, 0) is 31.2 Å². The number of aromatic amines is 2. The van der Waals surface area contributed by atoms with E-state index in [1.807, 2.05) is 25.1 Å². The number of carbonyl (C=O) groups is 1. The molecule has 4 heterocycles. The lowest BCUT2D eigenvalue weighted by atomic mass is 10.2. The molecule has 0 radical (unpaired) electrons. The average Bonchev–Trinajstić information content (AvgIpc) is 3.31. The number of fused-ring (bicyclic) bond motifs is 2. The Morgan fingerprint density at radius 3 is 3.07 bits per heavy atom. The molecule has 3 N–H and O–H groups in total. The van der Waals surface area contributed by atoms with Gasteiger partial charge in [0, 0.05) is 12.2 Å². The topological polar surface area (TPSA) is 116 Å². The Morgan fingerprint density at radius 1 is 1.31 bits per heavy atom. The molecular weight excluding hydrogens is 392 g/mol. The minimum absolute atomic E-state index is 0.0200. The summed E-state index contributed by atoms with van der Waals surface area (Å²) in [4.78, 5) is 40.7. The number of anilines is 2. The van der Waals surface area contributed by atoms with E-state index in [9.17, 15) is 9.59 Å². The molecule has 5 rings (SSSR count). The van der Waals surface area contributed by atoms with Crippen molar-refractivity contribution in [3.8, 4) is 0 Å². The SMILES string of the molecule is CC1COCCN1C(=O)c1cc2c(Nc3ccc4[nH]c(=O)sc4c3)ncnc2[nH]1. The van der Waals surface area contributed by atoms with Crippen molar-refractivity contribution >= 4 is 50.0 Å². The number of hydrogen-bond donors (Lipinski definition) is 3. The Kier molecular flexibility index (Phi) is 4.29. The molecule has 1 unspecified atom stereocenters. The smallest absolute Gasteiger partial charge is 0.305 e. The van der Waals surface area contributed by atoms with E-state index in [-0.39, 0.29) is 16.8 Å². The number of aromatic nitrogens is 4. The van der Waals surface area contributed by atoms with E-state index in [0.717, 1.165) is 32.6 Å². The van der Waals surface area contributed by atoms with Gasteiger partial charge in [0.15, 0.2) is 0 Å². The number of H-pyrrole nitrogens is 2. The summed E-state index contributed by atoms with van der Waals surface area (Å²) in [6, 6.07) is 7.40. The van der Waals surface area contributed by atoms with Crippen LogP contribution in [0.15, 0.2) is 35.4 Å². The van der Waals surface area contributed by atoms with Gasteiger partial charge in [-0.1, -0.05) is 11.3 Å². The van der Waals surface area contributed by atoms with Crippen LogP contribution in [0.1, 0.15) is 17.4 Å². The molecule has 9 nitrogen and oxygen atoms in total. The highest BCUT2D eigenvalue weighted by Gasteiger charge is 2.26. The molecule has 1 aliphatic rings. The van der Waals surface area contributed by atoms with E-state index in [0.29, 0.717) is 36.9 Å². The number of rotatable bonds is 3. The third kappa shape index (κ3) is 3.26. The fourth-order valence-corrected chi connectivity index (χ4v) is 4.27.